The Morgan fingerprint density at radius 1 is 1.23 bits per heavy atom. The average molecular weight is 344 g/mol. The standard InChI is InChI=1S/C21H16N2O3/c1-21(2)10-18(15-9-13(11-22)7-8-19(15)26-21)23-12-16(20(24)25)14-5-3-4-6-17(14)23/h3-10,12H,1-2H3,(H,24,25). The van der Waals surface area contributed by atoms with E-state index in [4.69, 9.17) is 4.74 Å². The Morgan fingerprint density at radius 2 is 2.00 bits per heavy atom. The Balaban J connectivity index is 2.04. The lowest BCUT2D eigenvalue weighted by atomic mass is 9.97. The number of nitrogens with zero attached hydrogens (tertiary/aromatic N) is 2. The van der Waals surface area contributed by atoms with Crippen molar-refractivity contribution in [3.8, 4) is 11.8 Å². The third kappa shape index (κ3) is 2.44. The van der Waals surface area contributed by atoms with Crippen molar-refractivity contribution in [1.29, 1.82) is 5.26 Å². The Kier molecular flexibility index (Phi) is 3.38. The summed E-state index contributed by atoms with van der Waals surface area (Å²) in [7, 11) is 0. The molecule has 0 atom stereocenters. The van der Waals surface area contributed by atoms with Gasteiger partial charge < -0.3 is 14.4 Å². The first kappa shape index (κ1) is 16.0. The molecule has 0 fully saturated rings. The highest BCUT2D eigenvalue weighted by molar-refractivity contribution is 6.05. The van der Waals surface area contributed by atoms with Gasteiger partial charge in [0, 0.05) is 17.1 Å². The quantitative estimate of drug-likeness (QED) is 0.753. The molecule has 0 saturated heterocycles. The minimum Gasteiger partial charge on any atom is -0.483 e. The molecule has 1 aliphatic heterocycles. The van der Waals surface area contributed by atoms with Gasteiger partial charge in [-0.3, -0.25) is 0 Å². The molecule has 5 nitrogen and oxygen atoms in total. The fourth-order valence-electron chi connectivity index (χ4n) is 3.36. The van der Waals surface area contributed by atoms with Gasteiger partial charge in [-0.2, -0.15) is 5.26 Å². The summed E-state index contributed by atoms with van der Waals surface area (Å²) in [5, 5.41) is 19.5. The van der Waals surface area contributed by atoms with Gasteiger partial charge in [-0.25, -0.2) is 4.79 Å². The fourth-order valence-corrected chi connectivity index (χ4v) is 3.36. The predicted octanol–water partition coefficient (Wildman–Crippen LogP) is 4.27. The summed E-state index contributed by atoms with van der Waals surface area (Å²) in [4.78, 5) is 11.7. The average Bonchev–Trinajstić information content (AvgIpc) is 3.00. The minimum atomic E-state index is -0.974. The van der Waals surface area contributed by atoms with Crippen molar-refractivity contribution in [2.45, 2.75) is 19.4 Å². The molecule has 3 aromatic rings. The number of aromatic carboxylic acids is 1. The summed E-state index contributed by atoms with van der Waals surface area (Å²) >= 11 is 0. The molecule has 2 aromatic carbocycles. The summed E-state index contributed by atoms with van der Waals surface area (Å²) in [5.41, 5.74) is 2.56. The van der Waals surface area contributed by atoms with Gasteiger partial charge in [0.15, 0.2) is 0 Å². The van der Waals surface area contributed by atoms with Crippen LogP contribution >= 0.6 is 0 Å². The van der Waals surface area contributed by atoms with Crippen LogP contribution in [0.3, 0.4) is 0 Å². The van der Waals surface area contributed by atoms with Crippen LogP contribution < -0.4 is 4.74 Å². The smallest absolute Gasteiger partial charge is 0.337 e. The van der Waals surface area contributed by atoms with Gasteiger partial charge in [0.2, 0.25) is 0 Å². The van der Waals surface area contributed by atoms with Crippen molar-refractivity contribution in [3.63, 3.8) is 0 Å². The van der Waals surface area contributed by atoms with E-state index < -0.39 is 11.6 Å². The topological polar surface area (TPSA) is 75.3 Å². The molecule has 0 spiro atoms. The molecule has 5 heteroatoms. The Bertz CT molecular complexity index is 1130. The first-order chi connectivity index (χ1) is 12.4. The zero-order valence-electron chi connectivity index (χ0n) is 14.4. The Labute approximate surface area is 150 Å². The van der Waals surface area contributed by atoms with Crippen LogP contribution in [0.2, 0.25) is 0 Å². The van der Waals surface area contributed by atoms with Crippen molar-refractivity contribution in [1.82, 2.24) is 4.57 Å². The van der Waals surface area contributed by atoms with Crippen molar-refractivity contribution in [2.24, 2.45) is 0 Å². The maximum Gasteiger partial charge on any atom is 0.337 e. The van der Waals surface area contributed by atoms with Gasteiger partial charge in [0.25, 0.3) is 0 Å². The molecular weight excluding hydrogens is 328 g/mol. The van der Waals surface area contributed by atoms with E-state index in [1.54, 1.807) is 30.5 Å². The van der Waals surface area contributed by atoms with Gasteiger partial charge in [-0.1, -0.05) is 18.2 Å². The maximum absolute atomic E-state index is 11.7. The summed E-state index contributed by atoms with van der Waals surface area (Å²) < 4.78 is 7.89. The molecular formula is C21H16N2O3. The number of nitriles is 1. The number of hydrogen-bond acceptors (Lipinski definition) is 3. The number of carboxylic acids is 1. The summed E-state index contributed by atoms with van der Waals surface area (Å²) in [6, 6.07) is 14.8. The van der Waals surface area contributed by atoms with E-state index in [1.807, 2.05) is 42.7 Å². The van der Waals surface area contributed by atoms with Crippen molar-refractivity contribution < 1.29 is 14.6 Å². The SMILES string of the molecule is CC1(C)C=C(n2cc(C(=O)O)c3ccccc32)c2cc(C#N)ccc2O1. The van der Waals surface area contributed by atoms with E-state index in [2.05, 4.69) is 6.07 Å². The van der Waals surface area contributed by atoms with Crippen molar-refractivity contribution >= 4 is 22.6 Å². The van der Waals surface area contributed by atoms with Gasteiger partial charge in [0.05, 0.1) is 28.4 Å². The fraction of sp³-hybridized carbons (Fsp3) is 0.143. The van der Waals surface area contributed by atoms with E-state index in [1.165, 1.54) is 0 Å². The molecule has 0 amide bonds. The largest absolute Gasteiger partial charge is 0.483 e. The minimum absolute atomic E-state index is 0.240. The van der Waals surface area contributed by atoms with E-state index >= 15 is 0 Å². The third-order valence-corrected chi connectivity index (χ3v) is 4.44. The number of benzene rings is 2. The van der Waals surface area contributed by atoms with Crippen LogP contribution in [0, 0.1) is 11.3 Å². The highest BCUT2D eigenvalue weighted by Gasteiger charge is 2.29. The van der Waals surface area contributed by atoms with Crippen LogP contribution in [0.5, 0.6) is 5.75 Å². The molecule has 0 saturated carbocycles. The normalized spacial score (nSPS) is 14.9. The number of ether oxygens (including phenoxy) is 1. The second kappa shape index (κ2) is 5.50. The lowest BCUT2D eigenvalue weighted by molar-refractivity contribution is 0.0699. The maximum atomic E-state index is 11.7. The highest BCUT2D eigenvalue weighted by Crippen LogP contribution is 2.39. The lowest BCUT2D eigenvalue weighted by Crippen LogP contribution is -2.30. The van der Waals surface area contributed by atoms with Crippen LogP contribution in [0.1, 0.15) is 35.3 Å². The summed E-state index contributed by atoms with van der Waals surface area (Å²) in [6.45, 7) is 3.88. The highest BCUT2D eigenvalue weighted by atomic mass is 16.5. The molecule has 4 rings (SSSR count). The third-order valence-electron chi connectivity index (χ3n) is 4.44. The van der Waals surface area contributed by atoms with Crippen LogP contribution in [-0.2, 0) is 0 Å². The van der Waals surface area contributed by atoms with Crippen molar-refractivity contribution in [2.75, 3.05) is 0 Å². The number of para-hydroxylation sites is 1. The molecule has 128 valence electrons. The van der Waals surface area contributed by atoms with Crippen molar-refractivity contribution in [3.05, 3.63) is 71.4 Å². The van der Waals surface area contributed by atoms with Crippen LogP contribution in [0.4, 0.5) is 0 Å². The lowest BCUT2D eigenvalue weighted by Gasteiger charge is -2.31. The first-order valence-corrected chi connectivity index (χ1v) is 8.20. The zero-order valence-corrected chi connectivity index (χ0v) is 14.4. The zero-order chi connectivity index (χ0) is 18.5. The number of carbonyl (C=O) groups is 1. The van der Waals surface area contributed by atoms with Gasteiger partial charge in [-0.15, -0.1) is 0 Å². The van der Waals surface area contributed by atoms with Crippen LogP contribution in [-0.4, -0.2) is 21.2 Å². The Morgan fingerprint density at radius 3 is 2.73 bits per heavy atom. The number of aromatic nitrogens is 1. The van der Waals surface area contributed by atoms with E-state index in [-0.39, 0.29) is 5.56 Å². The van der Waals surface area contributed by atoms with Gasteiger partial charge >= 0.3 is 5.97 Å². The van der Waals surface area contributed by atoms with Gasteiger partial charge in [-0.05, 0) is 44.2 Å². The molecule has 2 heterocycles. The second-order valence-electron chi connectivity index (χ2n) is 6.79. The second-order valence-corrected chi connectivity index (χ2v) is 6.79. The summed E-state index contributed by atoms with van der Waals surface area (Å²) in [5.74, 6) is -0.306. The number of carboxylic acid groups (broad SMARTS) is 1. The molecule has 0 aliphatic carbocycles. The molecule has 26 heavy (non-hydrogen) atoms. The molecule has 0 radical (unpaired) electrons. The van der Waals surface area contributed by atoms with E-state index in [9.17, 15) is 15.2 Å². The van der Waals surface area contributed by atoms with Crippen LogP contribution in [0.25, 0.3) is 16.6 Å². The van der Waals surface area contributed by atoms with E-state index in [0.29, 0.717) is 16.7 Å². The monoisotopic (exact) mass is 344 g/mol. The predicted molar refractivity (Wildman–Crippen MR) is 98.1 cm³/mol. The molecule has 1 N–H and O–H groups in total. The molecule has 0 unspecified atom stereocenters. The number of hydrogen-bond donors (Lipinski definition) is 1. The summed E-state index contributed by atoms with van der Waals surface area (Å²) in [6.07, 6.45) is 3.58. The molecule has 1 aromatic heterocycles. The van der Waals surface area contributed by atoms with E-state index in [0.717, 1.165) is 16.8 Å². The number of rotatable bonds is 2. The van der Waals surface area contributed by atoms with Gasteiger partial charge in [0.1, 0.15) is 11.4 Å². The molecule has 0 bridgehead atoms. The molecule has 1 aliphatic rings. The van der Waals surface area contributed by atoms with Crippen LogP contribution in [0.15, 0.2) is 54.7 Å². The number of fused-ring (bicyclic) bond motifs is 2. The first-order valence-electron chi connectivity index (χ1n) is 8.20. The Hall–Kier alpha value is -3.52.